The van der Waals surface area contributed by atoms with Crippen LogP contribution in [-0.4, -0.2) is 11.0 Å². The SMILES string of the molecule is Cc1nc(CC(N)C(C)C2CC2)sc1C. The van der Waals surface area contributed by atoms with E-state index in [2.05, 4.69) is 25.8 Å². The van der Waals surface area contributed by atoms with Crippen molar-refractivity contribution in [2.75, 3.05) is 0 Å². The summed E-state index contributed by atoms with van der Waals surface area (Å²) in [5, 5.41) is 1.21. The van der Waals surface area contributed by atoms with Gasteiger partial charge in [-0.05, 0) is 38.5 Å². The molecular formula is C12H20N2S. The number of hydrogen-bond acceptors (Lipinski definition) is 3. The van der Waals surface area contributed by atoms with Crippen molar-refractivity contribution in [2.24, 2.45) is 17.6 Å². The molecular weight excluding hydrogens is 204 g/mol. The average molecular weight is 224 g/mol. The van der Waals surface area contributed by atoms with Crippen molar-refractivity contribution in [1.82, 2.24) is 4.98 Å². The minimum Gasteiger partial charge on any atom is -0.327 e. The van der Waals surface area contributed by atoms with Crippen LogP contribution in [0.5, 0.6) is 0 Å². The third kappa shape index (κ3) is 2.58. The molecule has 2 N–H and O–H groups in total. The summed E-state index contributed by atoms with van der Waals surface area (Å²) < 4.78 is 0. The molecule has 2 unspecified atom stereocenters. The van der Waals surface area contributed by atoms with E-state index in [0.717, 1.165) is 12.3 Å². The Hall–Kier alpha value is -0.410. The van der Waals surface area contributed by atoms with Crippen LogP contribution in [0.4, 0.5) is 0 Å². The molecule has 15 heavy (non-hydrogen) atoms. The highest BCUT2D eigenvalue weighted by atomic mass is 32.1. The second kappa shape index (κ2) is 4.22. The lowest BCUT2D eigenvalue weighted by Gasteiger charge is -2.17. The molecule has 1 saturated carbocycles. The first-order valence-electron chi connectivity index (χ1n) is 5.76. The Bertz CT molecular complexity index is 322. The quantitative estimate of drug-likeness (QED) is 0.854. The van der Waals surface area contributed by atoms with Crippen molar-refractivity contribution in [3.63, 3.8) is 0 Å². The van der Waals surface area contributed by atoms with Crippen molar-refractivity contribution < 1.29 is 0 Å². The fourth-order valence-electron chi connectivity index (χ4n) is 1.99. The minimum atomic E-state index is 0.294. The van der Waals surface area contributed by atoms with Gasteiger partial charge in [-0.2, -0.15) is 0 Å². The molecule has 1 aromatic rings. The van der Waals surface area contributed by atoms with Crippen LogP contribution in [-0.2, 0) is 6.42 Å². The molecule has 1 aromatic heterocycles. The van der Waals surface area contributed by atoms with E-state index in [4.69, 9.17) is 5.73 Å². The Labute approximate surface area is 95.9 Å². The minimum absolute atomic E-state index is 0.294. The smallest absolute Gasteiger partial charge is 0.0946 e. The largest absolute Gasteiger partial charge is 0.327 e. The molecule has 0 aromatic carbocycles. The highest BCUT2D eigenvalue weighted by molar-refractivity contribution is 7.11. The number of rotatable bonds is 4. The fraction of sp³-hybridized carbons (Fsp3) is 0.750. The molecule has 1 heterocycles. The van der Waals surface area contributed by atoms with Gasteiger partial charge in [0.1, 0.15) is 0 Å². The first kappa shape index (κ1) is 11.1. The van der Waals surface area contributed by atoms with E-state index in [-0.39, 0.29) is 0 Å². The zero-order valence-corrected chi connectivity index (χ0v) is 10.6. The molecule has 1 fully saturated rings. The van der Waals surface area contributed by atoms with E-state index in [1.165, 1.54) is 28.4 Å². The standard InChI is InChI=1S/C12H20N2S/c1-7(10-4-5-10)11(13)6-12-14-8(2)9(3)15-12/h7,10-11H,4-6,13H2,1-3H3. The predicted molar refractivity (Wildman–Crippen MR) is 65.2 cm³/mol. The lowest BCUT2D eigenvalue weighted by Crippen LogP contribution is -2.31. The molecule has 2 nitrogen and oxygen atoms in total. The summed E-state index contributed by atoms with van der Waals surface area (Å²) in [5.41, 5.74) is 7.38. The Balaban J connectivity index is 1.95. The number of thiazole rings is 1. The van der Waals surface area contributed by atoms with Gasteiger partial charge < -0.3 is 5.73 Å². The van der Waals surface area contributed by atoms with Crippen LogP contribution in [0.15, 0.2) is 0 Å². The number of hydrogen-bond donors (Lipinski definition) is 1. The van der Waals surface area contributed by atoms with E-state index >= 15 is 0 Å². The maximum absolute atomic E-state index is 6.22. The Kier molecular flexibility index (Phi) is 3.12. The summed E-state index contributed by atoms with van der Waals surface area (Å²) in [4.78, 5) is 5.88. The molecule has 0 saturated heterocycles. The zero-order chi connectivity index (χ0) is 11.0. The summed E-state index contributed by atoms with van der Waals surface area (Å²) in [6.07, 6.45) is 3.71. The number of aromatic nitrogens is 1. The third-order valence-electron chi connectivity index (χ3n) is 3.52. The van der Waals surface area contributed by atoms with E-state index < -0.39 is 0 Å². The molecule has 84 valence electrons. The normalized spacial score (nSPS) is 20.3. The van der Waals surface area contributed by atoms with Crippen molar-refractivity contribution in [1.29, 1.82) is 0 Å². The van der Waals surface area contributed by atoms with Crippen LogP contribution in [0, 0.1) is 25.7 Å². The maximum atomic E-state index is 6.22. The summed E-state index contributed by atoms with van der Waals surface area (Å²) in [6, 6.07) is 0.294. The van der Waals surface area contributed by atoms with Crippen LogP contribution in [0.2, 0.25) is 0 Å². The summed E-state index contributed by atoms with van der Waals surface area (Å²) in [5.74, 6) is 1.55. The van der Waals surface area contributed by atoms with E-state index in [1.54, 1.807) is 11.3 Å². The average Bonchev–Trinajstić information content (AvgIpc) is 2.95. The van der Waals surface area contributed by atoms with Gasteiger partial charge >= 0.3 is 0 Å². The van der Waals surface area contributed by atoms with Crippen LogP contribution >= 0.6 is 11.3 Å². The highest BCUT2D eigenvalue weighted by Crippen LogP contribution is 2.38. The second-order valence-corrected chi connectivity index (χ2v) is 6.10. The Morgan fingerprint density at radius 1 is 1.47 bits per heavy atom. The summed E-state index contributed by atoms with van der Waals surface area (Å²) in [6.45, 7) is 6.49. The van der Waals surface area contributed by atoms with Crippen molar-refractivity contribution in [3.05, 3.63) is 15.6 Å². The Morgan fingerprint density at radius 2 is 2.13 bits per heavy atom. The van der Waals surface area contributed by atoms with Crippen molar-refractivity contribution >= 4 is 11.3 Å². The first-order chi connectivity index (χ1) is 7.08. The van der Waals surface area contributed by atoms with Gasteiger partial charge in [0, 0.05) is 17.3 Å². The molecule has 0 radical (unpaired) electrons. The van der Waals surface area contributed by atoms with Gasteiger partial charge in [-0.25, -0.2) is 4.98 Å². The van der Waals surface area contributed by atoms with Crippen LogP contribution in [0.1, 0.15) is 35.3 Å². The Morgan fingerprint density at radius 3 is 2.60 bits per heavy atom. The van der Waals surface area contributed by atoms with Gasteiger partial charge in [0.25, 0.3) is 0 Å². The van der Waals surface area contributed by atoms with Crippen LogP contribution < -0.4 is 5.73 Å². The predicted octanol–water partition coefficient (Wildman–Crippen LogP) is 2.68. The molecule has 3 heteroatoms. The highest BCUT2D eigenvalue weighted by Gasteiger charge is 2.31. The topological polar surface area (TPSA) is 38.9 Å². The monoisotopic (exact) mass is 224 g/mol. The molecule has 0 spiro atoms. The first-order valence-corrected chi connectivity index (χ1v) is 6.58. The van der Waals surface area contributed by atoms with Crippen molar-refractivity contribution in [2.45, 2.75) is 46.1 Å². The van der Waals surface area contributed by atoms with Crippen LogP contribution in [0.25, 0.3) is 0 Å². The summed E-state index contributed by atoms with van der Waals surface area (Å²) >= 11 is 1.80. The molecule has 1 aliphatic rings. The van der Waals surface area contributed by atoms with Gasteiger partial charge in [0.15, 0.2) is 0 Å². The van der Waals surface area contributed by atoms with E-state index in [1.807, 2.05) is 0 Å². The third-order valence-corrected chi connectivity index (χ3v) is 4.62. The van der Waals surface area contributed by atoms with Gasteiger partial charge in [-0.1, -0.05) is 6.92 Å². The lowest BCUT2D eigenvalue weighted by atomic mass is 9.95. The van der Waals surface area contributed by atoms with Gasteiger partial charge in [-0.15, -0.1) is 11.3 Å². The van der Waals surface area contributed by atoms with Gasteiger partial charge in [-0.3, -0.25) is 0 Å². The van der Waals surface area contributed by atoms with Gasteiger partial charge in [0.2, 0.25) is 0 Å². The van der Waals surface area contributed by atoms with Crippen molar-refractivity contribution in [3.8, 4) is 0 Å². The zero-order valence-electron chi connectivity index (χ0n) is 9.79. The van der Waals surface area contributed by atoms with Crippen LogP contribution in [0.3, 0.4) is 0 Å². The summed E-state index contributed by atoms with van der Waals surface area (Å²) in [7, 11) is 0. The molecule has 2 rings (SSSR count). The lowest BCUT2D eigenvalue weighted by molar-refractivity contribution is 0.404. The molecule has 0 aliphatic heterocycles. The number of nitrogens with two attached hydrogens (primary N) is 1. The van der Waals surface area contributed by atoms with Gasteiger partial charge in [0.05, 0.1) is 10.7 Å². The van der Waals surface area contributed by atoms with E-state index in [9.17, 15) is 0 Å². The number of aryl methyl sites for hydroxylation is 2. The molecule has 2 atom stereocenters. The second-order valence-electron chi connectivity index (χ2n) is 4.81. The number of nitrogens with zero attached hydrogens (tertiary/aromatic N) is 1. The molecule has 0 amide bonds. The van der Waals surface area contributed by atoms with E-state index in [0.29, 0.717) is 12.0 Å². The maximum Gasteiger partial charge on any atom is 0.0946 e. The molecule has 1 aliphatic carbocycles. The molecule has 0 bridgehead atoms. The fourth-order valence-corrected chi connectivity index (χ4v) is 2.99.